The van der Waals surface area contributed by atoms with Crippen molar-refractivity contribution in [3.05, 3.63) is 83.8 Å². The Labute approximate surface area is 215 Å². The Morgan fingerprint density at radius 1 is 1.15 bits per heavy atom. The molecule has 9 heteroatoms. The summed E-state index contributed by atoms with van der Waals surface area (Å²) < 4.78 is 7.82. The number of hydrogen-bond acceptors (Lipinski definition) is 6. The van der Waals surface area contributed by atoms with E-state index in [9.17, 15) is 4.79 Å². The Balaban J connectivity index is 1.73. The van der Waals surface area contributed by atoms with Gasteiger partial charge in [-0.3, -0.25) is 14.3 Å². The largest absolute Gasteiger partial charge is 0.487 e. The maximum absolute atomic E-state index is 13.3. The van der Waals surface area contributed by atoms with Gasteiger partial charge in [-0.25, -0.2) is 9.97 Å². The van der Waals surface area contributed by atoms with E-state index in [1.807, 2.05) is 25.3 Å². The van der Waals surface area contributed by atoms with E-state index < -0.39 is 0 Å². The molecule has 0 bridgehead atoms. The predicted octanol–water partition coefficient (Wildman–Crippen LogP) is 6.66. The third-order valence-corrected chi connectivity index (χ3v) is 7.08. The van der Waals surface area contributed by atoms with Gasteiger partial charge in [0.15, 0.2) is 0 Å². The molecule has 0 unspecified atom stereocenters. The number of ether oxygens (including phenoxy) is 1. The first-order chi connectivity index (χ1) is 16.0. The summed E-state index contributed by atoms with van der Waals surface area (Å²) in [7, 11) is 0. The van der Waals surface area contributed by atoms with Crippen molar-refractivity contribution in [3.63, 3.8) is 0 Å². The molecule has 0 saturated heterocycles. The van der Waals surface area contributed by atoms with Gasteiger partial charge in [0.2, 0.25) is 0 Å². The summed E-state index contributed by atoms with van der Waals surface area (Å²) in [6.07, 6.45) is 3.25. The molecule has 0 aliphatic heterocycles. The van der Waals surface area contributed by atoms with Gasteiger partial charge in [0.05, 0.1) is 22.1 Å². The molecule has 34 heavy (non-hydrogen) atoms. The number of nitrogens with zero attached hydrogens (tertiary/aromatic N) is 4. The number of hydrogen-bond donors (Lipinski definition) is 0. The van der Waals surface area contributed by atoms with E-state index in [2.05, 4.69) is 57.7 Å². The fraction of sp³-hybridized carbons (Fsp3) is 0.280. The standard InChI is InChI=1S/C25H24BrClN4O2S/c1-14-8-21(33-12-16-9-15(2)34-13-16)22(26)23(32)31(14)20-10-19(29-11-17(20)27)18-6-7-28-24(30-18)25(3,4)5/h6-11,13H,12H2,1-5H3. The summed E-state index contributed by atoms with van der Waals surface area (Å²) >= 11 is 11.6. The topological polar surface area (TPSA) is 69.9 Å². The monoisotopic (exact) mass is 558 g/mol. The van der Waals surface area contributed by atoms with Crippen LogP contribution in [0.25, 0.3) is 17.1 Å². The molecule has 4 rings (SSSR count). The molecule has 0 N–H and O–H groups in total. The minimum atomic E-state index is -0.270. The van der Waals surface area contributed by atoms with Gasteiger partial charge in [0, 0.05) is 40.0 Å². The van der Waals surface area contributed by atoms with Crippen LogP contribution >= 0.6 is 38.9 Å². The predicted molar refractivity (Wildman–Crippen MR) is 140 cm³/mol. The molecule has 0 aliphatic carbocycles. The molecular weight excluding hydrogens is 536 g/mol. The Morgan fingerprint density at radius 3 is 2.59 bits per heavy atom. The van der Waals surface area contributed by atoms with Crippen molar-refractivity contribution >= 4 is 38.9 Å². The molecule has 0 atom stereocenters. The lowest BCUT2D eigenvalue weighted by atomic mass is 9.95. The zero-order valence-electron chi connectivity index (χ0n) is 19.5. The fourth-order valence-corrected chi connectivity index (χ4v) is 4.71. The fourth-order valence-electron chi connectivity index (χ4n) is 3.42. The molecule has 4 aromatic rings. The number of rotatable bonds is 5. The molecular formula is C25H24BrClN4O2S. The van der Waals surface area contributed by atoms with Gasteiger partial charge in [0.25, 0.3) is 5.56 Å². The molecule has 0 spiro atoms. The van der Waals surface area contributed by atoms with Gasteiger partial charge in [-0.2, -0.15) is 0 Å². The Kier molecular flexibility index (Phi) is 6.94. The normalized spacial score (nSPS) is 11.6. The van der Waals surface area contributed by atoms with Crippen molar-refractivity contribution in [1.82, 2.24) is 19.5 Å². The van der Waals surface area contributed by atoms with E-state index in [1.165, 1.54) is 11.1 Å². The Hall–Kier alpha value is -2.55. The van der Waals surface area contributed by atoms with Crippen molar-refractivity contribution in [2.24, 2.45) is 0 Å². The number of halogens is 2. The quantitative estimate of drug-likeness (QED) is 0.273. The average molecular weight is 560 g/mol. The van der Waals surface area contributed by atoms with E-state index >= 15 is 0 Å². The Bertz CT molecular complexity index is 1430. The molecule has 0 saturated carbocycles. The van der Waals surface area contributed by atoms with Gasteiger partial charge >= 0.3 is 0 Å². The van der Waals surface area contributed by atoms with E-state index in [0.717, 1.165) is 5.56 Å². The zero-order valence-corrected chi connectivity index (χ0v) is 22.7. The molecule has 6 nitrogen and oxygen atoms in total. The second-order valence-corrected chi connectivity index (χ2v) is 11.3. The minimum absolute atomic E-state index is 0.207. The lowest BCUT2D eigenvalue weighted by Crippen LogP contribution is -2.22. The highest BCUT2D eigenvalue weighted by atomic mass is 79.9. The van der Waals surface area contributed by atoms with Crippen LogP contribution in [0.2, 0.25) is 5.02 Å². The average Bonchev–Trinajstić information content (AvgIpc) is 3.21. The van der Waals surface area contributed by atoms with E-state index in [1.54, 1.807) is 34.2 Å². The summed E-state index contributed by atoms with van der Waals surface area (Å²) in [6, 6.07) is 7.46. The SMILES string of the molecule is Cc1cc(COc2cc(C)n(-c3cc(-c4ccnc(C(C)(C)C)n4)ncc3Cl)c(=O)c2Br)cs1. The second-order valence-electron chi connectivity index (χ2n) is 9.00. The summed E-state index contributed by atoms with van der Waals surface area (Å²) in [5.74, 6) is 1.19. The highest BCUT2D eigenvalue weighted by Gasteiger charge is 2.20. The van der Waals surface area contributed by atoms with Crippen LogP contribution in [0.1, 0.15) is 42.7 Å². The third-order valence-electron chi connectivity index (χ3n) is 5.14. The van der Waals surface area contributed by atoms with Gasteiger partial charge in [-0.05, 0) is 53.4 Å². The van der Waals surface area contributed by atoms with Crippen LogP contribution in [0, 0.1) is 13.8 Å². The van der Waals surface area contributed by atoms with Crippen molar-refractivity contribution < 1.29 is 4.74 Å². The van der Waals surface area contributed by atoms with Gasteiger partial charge in [-0.1, -0.05) is 32.4 Å². The first-order valence-electron chi connectivity index (χ1n) is 10.6. The van der Waals surface area contributed by atoms with Crippen molar-refractivity contribution in [2.75, 3.05) is 0 Å². The molecule has 0 radical (unpaired) electrons. The van der Waals surface area contributed by atoms with Crippen molar-refractivity contribution in [3.8, 4) is 22.8 Å². The van der Waals surface area contributed by atoms with Gasteiger partial charge < -0.3 is 4.74 Å². The smallest absolute Gasteiger partial charge is 0.273 e. The summed E-state index contributed by atoms with van der Waals surface area (Å²) in [4.78, 5) is 28.1. The van der Waals surface area contributed by atoms with E-state index in [4.69, 9.17) is 16.3 Å². The number of aromatic nitrogens is 4. The van der Waals surface area contributed by atoms with Crippen LogP contribution in [0.4, 0.5) is 0 Å². The van der Waals surface area contributed by atoms with Crippen molar-refractivity contribution in [2.45, 2.75) is 46.6 Å². The Morgan fingerprint density at radius 2 is 1.91 bits per heavy atom. The third kappa shape index (κ3) is 5.09. The molecule has 0 aliphatic rings. The highest BCUT2D eigenvalue weighted by Crippen LogP contribution is 2.30. The first kappa shape index (κ1) is 24.6. The zero-order chi connectivity index (χ0) is 24.6. The van der Waals surface area contributed by atoms with Crippen LogP contribution in [-0.2, 0) is 12.0 Å². The number of thiophene rings is 1. The molecule has 4 heterocycles. The summed E-state index contributed by atoms with van der Waals surface area (Å²) in [5.41, 5.74) is 3.05. The molecule has 176 valence electrons. The summed E-state index contributed by atoms with van der Waals surface area (Å²) in [6.45, 7) is 10.4. The summed E-state index contributed by atoms with van der Waals surface area (Å²) in [5, 5.41) is 2.40. The van der Waals surface area contributed by atoms with Crippen LogP contribution in [0.5, 0.6) is 5.75 Å². The van der Waals surface area contributed by atoms with Gasteiger partial charge in [0.1, 0.15) is 22.7 Å². The van der Waals surface area contributed by atoms with E-state index in [-0.39, 0.29) is 11.0 Å². The van der Waals surface area contributed by atoms with Crippen LogP contribution < -0.4 is 10.3 Å². The lowest BCUT2D eigenvalue weighted by Gasteiger charge is -2.18. The highest BCUT2D eigenvalue weighted by molar-refractivity contribution is 9.10. The van der Waals surface area contributed by atoms with Crippen molar-refractivity contribution in [1.29, 1.82) is 0 Å². The van der Waals surface area contributed by atoms with Crippen LogP contribution in [0.3, 0.4) is 0 Å². The number of aryl methyl sites for hydroxylation is 2. The molecule has 0 fully saturated rings. The number of pyridine rings is 2. The molecule has 0 amide bonds. The van der Waals surface area contributed by atoms with Crippen LogP contribution in [0.15, 0.2) is 51.3 Å². The molecule has 4 aromatic heterocycles. The first-order valence-corrected chi connectivity index (χ1v) is 12.7. The molecule has 0 aromatic carbocycles. The lowest BCUT2D eigenvalue weighted by molar-refractivity contribution is 0.303. The van der Waals surface area contributed by atoms with Gasteiger partial charge in [-0.15, -0.1) is 11.3 Å². The van der Waals surface area contributed by atoms with E-state index in [0.29, 0.717) is 50.4 Å². The van der Waals surface area contributed by atoms with Crippen LogP contribution in [-0.4, -0.2) is 19.5 Å². The minimum Gasteiger partial charge on any atom is -0.487 e. The second kappa shape index (κ2) is 9.60. The maximum atomic E-state index is 13.3. The maximum Gasteiger partial charge on any atom is 0.273 e.